The van der Waals surface area contributed by atoms with Crippen LogP contribution in [0.1, 0.15) is 15.9 Å². The zero-order chi connectivity index (χ0) is 23.7. The molecule has 0 unspecified atom stereocenters. The molecule has 164 valence electrons. The van der Waals surface area contributed by atoms with Gasteiger partial charge >= 0.3 is 0 Å². The summed E-state index contributed by atoms with van der Waals surface area (Å²) < 4.78 is 64.7. The number of carboxylic acid groups (broad SMARTS) is 1. The van der Waals surface area contributed by atoms with Crippen LogP contribution in [0.25, 0.3) is 21.8 Å². The third kappa shape index (κ3) is 3.87. The second-order valence-corrected chi connectivity index (χ2v) is 6.89. The van der Waals surface area contributed by atoms with E-state index in [-0.39, 0.29) is 5.56 Å². The fourth-order valence-corrected chi connectivity index (χ4v) is 3.41. The van der Waals surface area contributed by atoms with Crippen LogP contribution in [0, 0.1) is 34.5 Å². The summed E-state index contributed by atoms with van der Waals surface area (Å²) in [7, 11) is 1.93. The summed E-state index contributed by atoms with van der Waals surface area (Å²) >= 11 is 4.86. The number of carboxylic acids is 1. The Morgan fingerprint density at radius 3 is 1.53 bits per heavy atom. The predicted octanol–water partition coefficient (Wildman–Crippen LogP) is 4.13. The highest BCUT2D eigenvalue weighted by atomic mass is 35.5. The number of aryl methyl sites for hydroxylation is 1. The number of hydrogen-bond acceptors (Lipinski definition) is 3. The van der Waals surface area contributed by atoms with Crippen LogP contribution in [0.15, 0.2) is 48.5 Å². The number of pyridine rings is 1. The summed E-state index contributed by atoms with van der Waals surface area (Å²) in [5.74, 6) is -11.9. The van der Waals surface area contributed by atoms with E-state index in [0.29, 0.717) is 10.8 Å². The molecule has 0 aliphatic heterocycles. The van der Waals surface area contributed by atoms with Gasteiger partial charge in [0.25, 0.3) is 0 Å². The Kier molecular flexibility index (Phi) is 6.40. The molecule has 1 heterocycles. The highest BCUT2D eigenvalue weighted by Gasteiger charge is 2.27. The lowest BCUT2D eigenvalue weighted by Crippen LogP contribution is -2.33. The first kappa shape index (κ1) is 23.1. The first-order valence-electron chi connectivity index (χ1n) is 8.84. The fourth-order valence-electron chi connectivity index (χ4n) is 3.25. The molecule has 1 aromatic heterocycles. The Morgan fingerprint density at radius 1 is 0.781 bits per heavy atom. The first-order valence-corrected chi connectivity index (χ1v) is 9.22. The zero-order valence-electron chi connectivity index (χ0n) is 16.2. The van der Waals surface area contributed by atoms with Gasteiger partial charge in [0.2, 0.25) is 16.9 Å². The van der Waals surface area contributed by atoms with Gasteiger partial charge in [0.05, 0.1) is 22.3 Å². The standard InChI is InChI=1S/C15H11NO2.C7HClF5N/c1-16-12-8-4-2-6-10(12)14(15(17)18)11-7-3-5-9-13(11)16;8-7(14)1-2(9)4(11)6(13)5(12)3(1)10/h2-9H,1H3;14H. The molecular formula is C22H12ClF5N2O2. The Morgan fingerprint density at radius 2 is 1.16 bits per heavy atom. The predicted molar refractivity (Wildman–Crippen MR) is 106 cm³/mol. The normalized spacial score (nSPS) is 10.7. The molecule has 4 nitrogen and oxygen atoms in total. The van der Waals surface area contributed by atoms with Gasteiger partial charge in [-0.2, -0.15) is 4.57 Å². The van der Waals surface area contributed by atoms with Crippen molar-refractivity contribution >= 4 is 44.5 Å². The molecule has 0 aliphatic carbocycles. The van der Waals surface area contributed by atoms with Gasteiger partial charge in [-0.15, -0.1) is 0 Å². The van der Waals surface area contributed by atoms with E-state index in [1.165, 1.54) is 0 Å². The average Bonchev–Trinajstić information content (AvgIpc) is 2.77. The number of nitrogens with zero attached hydrogens (tertiary/aromatic N) is 1. The summed E-state index contributed by atoms with van der Waals surface area (Å²) in [4.78, 5) is 11.4. The summed E-state index contributed by atoms with van der Waals surface area (Å²) in [6.07, 6.45) is 0. The van der Waals surface area contributed by atoms with Gasteiger partial charge in [0.15, 0.2) is 23.3 Å². The molecule has 0 amide bonds. The molecule has 0 radical (unpaired) electrons. The monoisotopic (exact) mass is 466 g/mol. The quantitative estimate of drug-likeness (QED) is 0.121. The third-order valence-corrected chi connectivity index (χ3v) is 4.89. The number of carbonyl (C=O) groups is 1. The van der Waals surface area contributed by atoms with Crippen molar-refractivity contribution < 1.29 is 36.4 Å². The van der Waals surface area contributed by atoms with Gasteiger partial charge in [0, 0.05) is 17.7 Å². The third-order valence-electron chi connectivity index (χ3n) is 4.70. The van der Waals surface area contributed by atoms with Crippen molar-refractivity contribution in [3.8, 4) is 0 Å². The van der Waals surface area contributed by atoms with Crippen molar-refractivity contribution in [2.45, 2.75) is 0 Å². The van der Waals surface area contributed by atoms with Crippen molar-refractivity contribution in [3.05, 3.63) is 88.7 Å². The van der Waals surface area contributed by atoms with Crippen molar-refractivity contribution in [2.24, 2.45) is 7.05 Å². The highest BCUT2D eigenvalue weighted by molar-refractivity contribution is 6.68. The zero-order valence-corrected chi connectivity index (χ0v) is 16.9. The van der Waals surface area contributed by atoms with Crippen molar-refractivity contribution in [2.75, 3.05) is 0 Å². The van der Waals surface area contributed by atoms with Crippen LogP contribution in [-0.2, 0) is 7.05 Å². The molecular weight excluding hydrogens is 455 g/mol. The Labute approximate surface area is 182 Å². The number of fused-ring (bicyclic) bond motifs is 2. The molecule has 0 saturated carbocycles. The average molecular weight is 467 g/mol. The van der Waals surface area contributed by atoms with Gasteiger partial charge in [-0.1, -0.05) is 35.9 Å². The number of aromatic nitrogens is 1. The molecule has 0 bridgehead atoms. The minimum Gasteiger partial charge on any atom is -0.545 e. The molecule has 10 heteroatoms. The maximum absolute atomic E-state index is 12.7. The summed E-state index contributed by atoms with van der Waals surface area (Å²) in [5.41, 5.74) is 0.605. The van der Waals surface area contributed by atoms with Crippen LogP contribution in [0.5, 0.6) is 0 Å². The number of hydrogen-bond donors (Lipinski definition) is 1. The smallest absolute Gasteiger partial charge is 0.213 e. The van der Waals surface area contributed by atoms with E-state index >= 15 is 0 Å². The second kappa shape index (κ2) is 8.88. The van der Waals surface area contributed by atoms with Crippen molar-refractivity contribution in [1.82, 2.24) is 0 Å². The number of benzene rings is 3. The molecule has 4 rings (SSSR count). The molecule has 0 aliphatic rings. The summed E-state index contributed by atoms with van der Waals surface area (Å²) in [6.45, 7) is 0. The lowest BCUT2D eigenvalue weighted by molar-refractivity contribution is -0.617. The van der Waals surface area contributed by atoms with Crippen LogP contribution < -0.4 is 9.67 Å². The molecule has 0 spiro atoms. The van der Waals surface area contributed by atoms with Crippen LogP contribution in [0.4, 0.5) is 22.0 Å². The highest BCUT2D eigenvalue weighted by Crippen LogP contribution is 2.25. The maximum Gasteiger partial charge on any atom is 0.213 e. The summed E-state index contributed by atoms with van der Waals surface area (Å²) in [5, 5.41) is 18.2. The number of rotatable bonds is 2. The molecule has 32 heavy (non-hydrogen) atoms. The Bertz CT molecular complexity index is 1320. The number of nitrogens with one attached hydrogen (secondary N) is 1. The van der Waals surface area contributed by atoms with Gasteiger partial charge < -0.3 is 9.90 Å². The molecule has 0 saturated heterocycles. The Balaban J connectivity index is 0.000000188. The topological polar surface area (TPSA) is 67.9 Å². The molecule has 1 N–H and O–H groups in total. The van der Waals surface area contributed by atoms with E-state index in [0.717, 1.165) is 11.0 Å². The minimum atomic E-state index is -2.28. The van der Waals surface area contributed by atoms with Crippen LogP contribution in [0.2, 0.25) is 0 Å². The fraction of sp³-hybridized carbons (Fsp3) is 0.0455. The van der Waals surface area contributed by atoms with Gasteiger partial charge in [-0.05, 0) is 12.1 Å². The van der Waals surface area contributed by atoms with E-state index in [9.17, 15) is 31.9 Å². The maximum atomic E-state index is 12.7. The van der Waals surface area contributed by atoms with E-state index in [1.54, 1.807) is 0 Å². The van der Waals surface area contributed by atoms with Crippen molar-refractivity contribution in [1.29, 1.82) is 5.41 Å². The number of carbonyl (C=O) groups excluding carboxylic acids is 1. The molecule has 4 aromatic rings. The second-order valence-electron chi connectivity index (χ2n) is 6.51. The van der Waals surface area contributed by atoms with Crippen LogP contribution >= 0.6 is 11.6 Å². The molecule has 3 aromatic carbocycles. The van der Waals surface area contributed by atoms with Gasteiger partial charge in [-0.25, -0.2) is 22.0 Å². The van der Waals surface area contributed by atoms with Crippen LogP contribution in [0.3, 0.4) is 0 Å². The van der Waals surface area contributed by atoms with Crippen LogP contribution in [-0.4, -0.2) is 11.1 Å². The van der Waals surface area contributed by atoms with E-state index in [2.05, 4.69) is 0 Å². The Hall–Kier alpha value is -3.59. The van der Waals surface area contributed by atoms with Gasteiger partial charge in [-0.3, -0.25) is 5.41 Å². The molecule has 0 atom stereocenters. The van der Waals surface area contributed by atoms with E-state index < -0.39 is 45.8 Å². The molecule has 0 fully saturated rings. The first-order chi connectivity index (χ1) is 15.1. The number of para-hydroxylation sites is 2. The van der Waals surface area contributed by atoms with E-state index in [1.807, 2.05) is 60.1 Å². The summed E-state index contributed by atoms with van der Waals surface area (Å²) in [6, 6.07) is 14.9. The lowest BCUT2D eigenvalue weighted by atomic mass is 10.0. The van der Waals surface area contributed by atoms with E-state index in [4.69, 9.17) is 17.0 Å². The number of halogens is 6. The minimum absolute atomic E-state index is 0.263. The van der Waals surface area contributed by atoms with Gasteiger partial charge in [0.1, 0.15) is 12.2 Å². The SMILES string of the molecule is C[n+]1c2ccccc2c(C(=O)[O-])c2ccccc21.N=C(Cl)c1c(F)c(F)c(F)c(F)c1F. The number of aromatic carboxylic acids is 1. The lowest BCUT2D eigenvalue weighted by Gasteiger charge is -2.10. The largest absolute Gasteiger partial charge is 0.545 e. The van der Waals surface area contributed by atoms with Crippen molar-refractivity contribution in [3.63, 3.8) is 0 Å².